The molecular formula is C24H20FN3O5. The van der Waals surface area contributed by atoms with E-state index >= 15 is 0 Å². The molecule has 1 aliphatic heterocycles. The fraction of sp³-hybridized carbons (Fsp3) is 0.167. The molecule has 0 aliphatic carbocycles. The first-order chi connectivity index (χ1) is 15.8. The number of esters is 1. The molecule has 0 bridgehead atoms. The van der Waals surface area contributed by atoms with Crippen LogP contribution in [0.5, 0.6) is 5.75 Å². The minimum Gasteiger partial charge on any atom is -0.482 e. The average Bonchev–Trinajstić information content (AvgIpc) is 3.09. The Bertz CT molecular complexity index is 1280. The van der Waals surface area contributed by atoms with Gasteiger partial charge in [0.2, 0.25) is 0 Å². The van der Waals surface area contributed by atoms with Gasteiger partial charge in [0, 0.05) is 22.9 Å². The molecule has 2 heterocycles. The number of ketones is 1. The summed E-state index contributed by atoms with van der Waals surface area (Å²) in [7, 11) is 0. The molecule has 4 rings (SSSR count). The monoisotopic (exact) mass is 449 g/mol. The number of carbonyl (C=O) groups excluding carboxylic acids is 3. The molecule has 8 nitrogen and oxygen atoms in total. The molecule has 0 saturated carbocycles. The minimum absolute atomic E-state index is 0.0774. The molecular weight excluding hydrogens is 429 g/mol. The van der Waals surface area contributed by atoms with Gasteiger partial charge in [-0.2, -0.15) is 5.10 Å². The average molecular weight is 449 g/mol. The fourth-order valence-corrected chi connectivity index (χ4v) is 3.41. The molecule has 1 aliphatic rings. The Hall–Kier alpha value is -4.27. The number of nitrogens with zero attached hydrogens (tertiary/aromatic N) is 2. The van der Waals surface area contributed by atoms with E-state index < -0.39 is 18.4 Å². The van der Waals surface area contributed by atoms with Crippen molar-refractivity contribution in [1.82, 2.24) is 9.78 Å². The number of rotatable bonds is 6. The first-order valence-electron chi connectivity index (χ1n) is 10.1. The molecule has 0 unspecified atom stereocenters. The van der Waals surface area contributed by atoms with Crippen molar-refractivity contribution in [1.29, 1.82) is 0 Å². The van der Waals surface area contributed by atoms with Crippen molar-refractivity contribution >= 4 is 29.4 Å². The molecule has 1 N–H and O–H groups in total. The summed E-state index contributed by atoms with van der Waals surface area (Å²) in [5.74, 6) is -1.29. The minimum atomic E-state index is -0.689. The lowest BCUT2D eigenvalue weighted by molar-refractivity contribution is -0.136. The van der Waals surface area contributed by atoms with Crippen molar-refractivity contribution in [2.45, 2.75) is 13.8 Å². The van der Waals surface area contributed by atoms with Crippen molar-refractivity contribution in [2.75, 3.05) is 18.5 Å². The molecule has 0 saturated heterocycles. The van der Waals surface area contributed by atoms with Crippen LogP contribution in [0.3, 0.4) is 0 Å². The number of hydrogen-bond donors (Lipinski definition) is 1. The van der Waals surface area contributed by atoms with Gasteiger partial charge in [-0.25, -0.2) is 13.9 Å². The number of anilines is 1. The zero-order valence-electron chi connectivity index (χ0n) is 17.9. The highest BCUT2D eigenvalue weighted by Gasteiger charge is 2.18. The van der Waals surface area contributed by atoms with Crippen LogP contribution in [0.2, 0.25) is 0 Å². The number of carbonyl (C=O) groups is 3. The van der Waals surface area contributed by atoms with Gasteiger partial charge >= 0.3 is 5.97 Å². The predicted octanol–water partition coefficient (Wildman–Crippen LogP) is 3.40. The van der Waals surface area contributed by atoms with Crippen molar-refractivity contribution in [2.24, 2.45) is 0 Å². The summed E-state index contributed by atoms with van der Waals surface area (Å²) in [6.45, 7) is 3.09. The highest BCUT2D eigenvalue weighted by molar-refractivity contribution is 6.02. The Morgan fingerprint density at radius 3 is 2.73 bits per heavy atom. The van der Waals surface area contributed by atoms with Crippen molar-refractivity contribution in [3.8, 4) is 11.4 Å². The van der Waals surface area contributed by atoms with E-state index in [0.29, 0.717) is 28.4 Å². The fourth-order valence-electron chi connectivity index (χ4n) is 3.41. The van der Waals surface area contributed by atoms with Crippen LogP contribution in [0.15, 0.2) is 48.5 Å². The summed E-state index contributed by atoms with van der Waals surface area (Å²) in [4.78, 5) is 36.0. The lowest BCUT2D eigenvalue weighted by Crippen LogP contribution is -2.25. The molecule has 1 aromatic heterocycles. The Balaban J connectivity index is 1.40. The molecule has 2 aromatic carbocycles. The van der Waals surface area contributed by atoms with E-state index in [-0.39, 0.29) is 23.9 Å². The maximum atomic E-state index is 13.2. The number of aromatic nitrogens is 2. The van der Waals surface area contributed by atoms with Crippen LogP contribution in [0.4, 0.5) is 10.1 Å². The Kier molecular flexibility index (Phi) is 6.03. The quantitative estimate of drug-likeness (QED) is 0.352. The van der Waals surface area contributed by atoms with Crippen LogP contribution >= 0.6 is 0 Å². The number of benzene rings is 2. The van der Waals surface area contributed by atoms with E-state index in [2.05, 4.69) is 10.4 Å². The van der Waals surface area contributed by atoms with E-state index in [4.69, 9.17) is 9.47 Å². The lowest BCUT2D eigenvalue weighted by Gasteiger charge is -2.18. The normalized spacial score (nSPS) is 12.8. The number of nitrogens with one attached hydrogen (secondary N) is 1. The summed E-state index contributed by atoms with van der Waals surface area (Å²) in [5, 5.41) is 7.06. The number of ether oxygens (including phenoxy) is 2. The second-order valence-electron chi connectivity index (χ2n) is 7.38. The Morgan fingerprint density at radius 1 is 1.21 bits per heavy atom. The highest BCUT2D eigenvalue weighted by Crippen LogP contribution is 2.28. The molecule has 0 atom stereocenters. The third kappa shape index (κ3) is 4.82. The van der Waals surface area contributed by atoms with Gasteiger partial charge in [-0.1, -0.05) is 0 Å². The molecule has 1 amide bonds. The predicted molar refractivity (Wildman–Crippen MR) is 118 cm³/mol. The molecule has 33 heavy (non-hydrogen) atoms. The van der Waals surface area contributed by atoms with Gasteiger partial charge in [-0.05, 0) is 62.4 Å². The summed E-state index contributed by atoms with van der Waals surface area (Å²) >= 11 is 0. The van der Waals surface area contributed by atoms with Gasteiger partial charge in [-0.3, -0.25) is 9.59 Å². The zero-order valence-corrected chi connectivity index (χ0v) is 17.9. The largest absolute Gasteiger partial charge is 0.482 e. The van der Waals surface area contributed by atoms with Crippen molar-refractivity contribution in [3.05, 3.63) is 76.9 Å². The summed E-state index contributed by atoms with van der Waals surface area (Å²) < 4.78 is 25.2. The SMILES string of the molecule is Cc1nn(-c2ccc(F)cc2)c(C)c1C=CC(=O)OCC(=O)c1ccc2c(c1)NC(=O)CO2. The zero-order chi connectivity index (χ0) is 23.5. The first kappa shape index (κ1) is 21.9. The van der Waals surface area contributed by atoms with Gasteiger partial charge in [-0.15, -0.1) is 0 Å². The standard InChI is InChI=1S/C24H20FN3O5/c1-14-19(15(2)28(27-14)18-6-4-17(25)5-7-18)8-10-24(31)33-12-21(29)16-3-9-22-20(11-16)26-23(30)13-32-22/h3-11H,12-13H2,1-2H3,(H,26,30). The Morgan fingerprint density at radius 2 is 1.97 bits per heavy atom. The van der Waals surface area contributed by atoms with Crippen LogP contribution < -0.4 is 10.1 Å². The smallest absolute Gasteiger partial charge is 0.331 e. The Labute approximate surface area is 188 Å². The second-order valence-corrected chi connectivity index (χ2v) is 7.38. The third-order valence-electron chi connectivity index (χ3n) is 5.08. The van der Waals surface area contributed by atoms with Crippen LogP contribution in [-0.4, -0.2) is 40.7 Å². The van der Waals surface area contributed by atoms with E-state index in [1.807, 2.05) is 6.92 Å². The molecule has 0 fully saturated rings. The molecule has 0 radical (unpaired) electrons. The number of hydrogen-bond acceptors (Lipinski definition) is 6. The molecule has 3 aromatic rings. The maximum Gasteiger partial charge on any atom is 0.331 e. The number of fused-ring (bicyclic) bond motifs is 1. The topological polar surface area (TPSA) is 99.5 Å². The van der Waals surface area contributed by atoms with Crippen molar-refractivity contribution in [3.63, 3.8) is 0 Å². The molecule has 9 heteroatoms. The number of amides is 1. The highest BCUT2D eigenvalue weighted by atomic mass is 19.1. The number of Topliss-reactive ketones (excluding diaryl/α,β-unsaturated/α-hetero) is 1. The van der Waals surface area contributed by atoms with Crippen LogP contribution in [0.25, 0.3) is 11.8 Å². The van der Waals surface area contributed by atoms with Gasteiger partial charge < -0.3 is 14.8 Å². The van der Waals surface area contributed by atoms with Crippen LogP contribution in [0.1, 0.15) is 27.3 Å². The summed E-state index contributed by atoms with van der Waals surface area (Å²) in [6.07, 6.45) is 2.79. The van der Waals surface area contributed by atoms with E-state index in [0.717, 1.165) is 5.69 Å². The van der Waals surface area contributed by atoms with Gasteiger partial charge in [0.1, 0.15) is 11.6 Å². The van der Waals surface area contributed by atoms with Gasteiger partial charge in [0.05, 0.1) is 17.1 Å². The molecule has 168 valence electrons. The third-order valence-corrected chi connectivity index (χ3v) is 5.08. The number of halogens is 1. The van der Waals surface area contributed by atoms with Crippen molar-refractivity contribution < 1.29 is 28.2 Å². The van der Waals surface area contributed by atoms with E-state index in [9.17, 15) is 18.8 Å². The second kappa shape index (κ2) is 9.07. The molecule has 0 spiro atoms. The van der Waals surface area contributed by atoms with E-state index in [1.165, 1.54) is 24.3 Å². The van der Waals surface area contributed by atoms with E-state index in [1.54, 1.807) is 41.9 Å². The van der Waals surface area contributed by atoms with Gasteiger partial charge in [0.25, 0.3) is 5.91 Å². The maximum absolute atomic E-state index is 13.2. The lowest BCUT2D eigenvalue weighted by atomic mass is 10.1. The van der Waals surface area contributed by atoms with Crippen LogP contribution in [-0.2, 0) is 14.3 Å². The van der Waals surface area contributed by atoms with Gasteiger partial charge in [0.15, 0.2) is 19.0 Å². The summed E-state index contributed by atoms with van der Waals surface area (Å²) in [6, 6.07) is 10.5. The first-order valence-corrected chi connectivity index (χ1v) is 10.1. The number of aryl methyl sites for hydroxylation is 1. The van der Waals surface area contributed by atoms with Crippen LogP contribution in [0, 0.1) is 19.7 Å². The summed E-state index contributed by atoms with van der Waals surface area (Å²) in [5.41, 5.74) is 3.52.